The van der Waals surface area contributed by atoms with Crippen LogP contribution < -0.4 is 16.0 Å². The monoisotopic (exact) mass is 508 g/mol. The summed E-state index contributed by atoms with van der Waals surface area (Å²) in [5, 5.41) is 10.3. The van der Waals surface area contributed by atoms with E-state index in [1.54, 1.807) is 54.5 Å². The van der Waals surface area contributed by atoms with Gasteiger partial charge in [-0.05, 0) is 57.6 Å². The number of halogens is 1. The molecule has 0 saturated carbocycles. The van der Waals surface area contributed by atoms with E-state index in [1.807, 2.05) is 14.1 Å². The van der Waals surface area contributed by atoms with Crippen molar-refractivity contribution in [2.24, 2.45) is 0 Å². The van der Waals surface area contributed by atoms with Crippen LogP contribution >= 0.6 is 22.9 Å². The van der Waals surface area contributed by atoms with E-state index >= 15 is 0 Å². The van der Waals surface area contributed by atoms with Crippen molar-refractivity contribution in [2.45, 2.75) is 23.3 Å². The molecule has 0 spiro atoms. The molecule has 0 aliphatic heterocycles. The smallest absolute Gasteiger partial charge is 0.238 e. The summed E-state index contributed by atoms with van der Waals surface area (Å²) >= 11 is 7.39. The van der Waals surface area contributed by atoms with E-state index in [9.17, 15) is 13.2 Å². The summed E-state index contributed by atoms with van der Waals surface area (Å²) < 4.78 is 25.5. The fraction of sp³-hybridized carbons (Fsp3) is 0.286. The Balaban J connectivity index is 1.79. The van der Waals surface area contributed by atoms with Crippen LogP contribution in [0.3, 0.4) is 0 Å². The molecule has 0 radical (unpaired) electrons. The number of carbonyl (C=O) groups is 1. The lowest BCUT2D eigenvalue weighted by atomic mass is 10.2. The van der Waals surface area contributed by atoms with E-state index in [0.717, 1.165) is 11.3 Å². The molecule has 0 bridgehead atoms. The maximum atomic E-state index is 12.6. The fourth-order valence-electron chi connectivity index (χ4n) is 2.76. The number of nitrogens with one attached hydrogen (secondary N) is 3. The van der Waals surface area contributed by atoms with Gasteiger partial charge >= 0.3 is 0 Å². The standard InChI is InChI=1S/C21H25ClN6O3S2/c1-13(2)33(30,31)20-17(8-9-32-20)26-19-16(22)11-23-21(27-19)25-15-7-5-6-14(10-15)24-18(29)12-28(3)4/h5-11,13H,12H2,1-4H3,(H,24,29)(H2,23,25,26,27). The van der Waals surface area contributed by atoms with Gasteiger partial charge < -0.3 is 20.9 Å². The molecule has 0 fully saturated rings. The van der Waals surface area contributed by atoms with Gasteiger partial charge in [0.15, 0.2) is 15.7 Å². The van der Waals surface area contributed by atoms with Crippen LogP contribution in [0.25, 0.3) is 0 Å². The van der Waals surface area contributed by atoms with Gasteiger partial charge in [0.05, 0.1) is 23.7 Å². The van der Waals surface area contributed by atoms with Gasteiger partial charge in [0, 0.05) is 11.4 Å². The van der Waals surface area contributed by atoms with Crippen molar-refractivity contribution in [3.8, 4) is 0 Å². The quantitative estimate of drug-likeness (QED) is 0.390. The molecule has 0 aliphatic rings. The fourth-order valence-corrected chi connectivity index (χ4v) is 5.60. The van der Waals surface area contributed by atoms with E-state index < -0.39 is 15.1 Å². The first-order valence-corrected chi connectivity index (χ1v) is 12.8. The Morgan fingerprint density at radius 2 is 1.91 bits per heavy atom. The van der Waals surface area contributed by atoms with E-state index in [2.05, 4.69) is 25.9 Å². The third kappa shape index (κ3) is 6.41. The highest BCUT2D eigenvalue weighted by molar-refractivity contribution is 7.94. The third-order valence-corrected chi connectivity index (χ3v) is 8.31. The molecule has 0 aliphatic carbocycles. The van der Waals surface area contributed by atoms with Crippen molar-refractivity contribution in [2.75, 3.05) is 36.6 Å². The molecule has 3 aromatic rings. The summed E-state index contributed by atoms with van der Waals surface area (Å²) in [5.41, 5.74) is 1.69. The SMILES string of the molecule is CC(C)S(=O)(=O)c1sccc1Nc1nc(Nc2cccc(NC(=O)CN(C)C)c2)ncc1Cl. The second kappa shape index (κ2) is 10.5. The van der Waals surface area contributed by atoms with Gasteiger partial charge in [-0.3, -0.25) is 4.79 Å². The van der Waals surface area contributed by atoms with Crippen molar-refractivity contribution in [1.82, 2.24) is 14.9 Å². The number of rotatable bonds is 9. The molecule has 176 valence electrons. The van der Waals surface area contributed by atoms with Crippen LogP contribution in [-0.4, -0.2) is 55.1 Å². The minimum atomic E-state index is -3.46. The predicted molar refractivity (Wildman–Crippen MR) is 134 cm³/mol. The number of amides is 1. The number of aromatic nitrogens is 2. The van der Waals surface area contributed by atoms with Crippen LogP contribution in [0.2, 0.25) is 5.02 Å². The average molecular weight is 509 g/mol. The van der Waals surface area contributed by atoms with E-state index in [-0.39, 0.29) is 33.4 Å². The lowest BCUT2D eigenvalue weighted by molar-refractivity contribution is -0.116. The number of hydrogen-bond acceptors (Lipinski definition) is 9. The average Bonchev–Trinajstić information content (AvgIpc) is 3.19. The summed E-state index contributed by atoms with van der Waals surface area (Å²) in [6.07, 6.45) is 1.42. The molecular weight excluding hydrogens is 484 g/mol. The Hall–Kier alpha value is -2.73. The minimum absolute atomic E-state index is 0.130. The summed E-state index contributed by atoms with van der Waals surface area (Å²) in [5.74, 6) is 0.389. The van der Waals surface area contributed by atoms with Crippen molar-refractivity contribution in [1.29, 1.82) is 0 Å². The molecule has 2 aromatic heterocycles. The number of benzene rings is 1. The Labute approximate surface area is 202 Å². The Morgan fingerprint density at radius 1 is 1.18 bits per heavy atom. The van der Waals surface area contributed by atoms with E-state index in [4.69, 9.17) is 11.6 Å². The number of thiophene rings is 1. The summed E-state index contributed by atoms with van der Waals surface area (Å²) in [6, 6.07) is 8.80. The van der Waals surface area contributed by atoms with Gasteiger partial charge in [-0.1, -0.05) is 17.7 Å². The van der Waals surface area contributed by atoms with Crippen LogP contribution in [0.4, 0.5) is 28.8 Å². The molecule has 0 saturated heterocycles. The number of carbonyl (C=O) groups excluding carboxylic acids is 1. The highest BCUT2D eigenvalue weighted by atomic mass is 35.5. The van der Waals surface area contributed by atoms with Crippen molar-refractivity contribution in [3.05, 3.63) is 46.9 Å². The topological polar surface area (TPSA) is 116 Å². The Kier molecular flexibility index (Phi) is 7.90. The van der Waals surface area contributed by atoms with Gasteiger partial charge in [-0.2, -0.15) is 4.98 Å². The van der Waals surface area contributed by atoms with Crippen LogP contribution in [-0.2, 0) is 14.6 Å². The van der Waals surface area contributed by atoms with Gasteiger partial charge in [0.25, 0.3) is 0 Å². The first-order valence-electron chi connectivity index (χ1n) is 9.99. The second-order valence-electron chi connectivity index (χ2n) is 7.72. The molecule has 1 amide bonds. The largest absolute Gasteiger partial charge is 0.337 e. The maximum Gasteiger partial charge on any atom is 0.238 e. The molecule has 9 nitrogen and oxygen atoms in total. The van der Waals surface area contributed by atoms with Crippen LogP contribution in [0.5, 0.6) is 0 Å². The second-order valence-corrected chi connectivity index (χ2v) is 11.7. The minimum Gasteiger partial charge on any atom is -0.337 e. The highest BCUT2D eigenvalue weighted by Crippen LogP contribution is 2.34. The predicted octanol–water partition coefficient (Wildman–Crippen LogP) is 4.36. The third-order valence-electron chi connectivity index (χ3n) is 4.37. The molecule has 3 N–H and O–H groups in total. The molecule has 3 rings (SSSR count). The lowest BCUT2D eigenvalue weighted by Crippen LogP contribution is -2.27. The summed E-state index contributed by atoms with van der Waals surface area (Å²) in [6.45, 7) is 3.54. The number of nitrogens with zero attached hydrogens (tertiary/aromatic N) is 3. The molecule has 0 atom stereocenters. The zero-order valence-corrected chi connectivity index (χ0v) is 21.0. The number of anilines is 5. The first kappa shape index (κ1) is 24.9. The first-order chi connectivity index (χ1) is 15.6. The van der Waals surface area contributed by atoms with Crippen molar-refractivity contribution >= 4 is 67.5 Å². The zero-order chi connectivity index (χ0) is 24.2. The van der Waals surface area contributed by atoms with Crippen LogP contribution in [0.1, 0.15) is 13.8 Å². The Bertz CT molecular complexity index is 1240. The van der Waals surface area contributed by atoms with Crippen LogP contribution in [0, 0.1) is 0 Å². The maximum absolute atomic E-state index is 12.6. The molecule has 12 heteroatoms. The van der Waals surface area contributed by atoms with Gasteiger partial charge in [-0.25, -0.2) is 13.4 Å². The summed E-state index contributed by atoms with van der Waals surface area (Å²) in [4.78, 5) is 22.4. The number of likely N-dealkylation sites (N-methyl/N-ethyl adjacent to an activating group) is 1. The summed E-state index contributed by atoms with van der Waals surface area (Å²) in [7, 11) is 0.174. The Morgan fingerprint density at radius 3 is 2.61 bits per heavy atom. The molecule has 0 unspecified atom stereocenters. The van der Waals surface area contributed by atoms with Crippen molar-refractivity contribution < 1.29 is 13.2 Å². The van der Waals surface area contributed by atoms with Gasteiger partial charge in [0.1, 0.15) is 9.23 Å². The molecule has 1 aromatic carbocycles. The van der Waals surface area contributed by atoms with Crippen molar-refractivity contribution in [3.63, 3.8) is 0 Å². The number of sulfone groups is 1. The van der Waals surface area contributed by atoms with Gasteiger partial charge in [0.2, 0.25) is 11.9 Å². The zero-order valence-electron chi connectivity index (χ0n) is 18.6. The van der Waals surface area contributed by atoms with E-state index in [0.29, 0.717) is 17.1 Å². The van der Waals surface area contributed by atoms with Crippen LogP contribution in [0.15, 0.2) is 46.1 Å². The normalized spacial score (nSPS) is 11.6. The van der Waals surface area contributed by atoms with E-state index in [1.165, 1.54) is 6.20 Å². The van der Waals surface area contributed by atoms with Gasteiger partial charge in [-0.15, -0.1) is 11.3 Å². The molecular formula is C21H25ClN6O3S2. The number of hydrogen-bond donors (Lipinski definition) is 3. The highest BCUT2D eigenvalue weighted by Gasteiger charge is 2.25. The molecule has 33 heavy (non-hydrogen) atoms. The molecule has 2 heterocycles. The lowest BCUT2D eigenvalue weighted by Gasteiger charge is -2.13.